The summed E-state index contributed by atoms with van der Waals surface area (Å²) in [4.78, 5) is 37.2. The van der Waals surface area contributed by atoms with Gasteiger partial charge in [-0.1, -0.05) is 25.5 Å². The van der Waals surface area contributed by atoms with Gasteiger partial charge < -0.3 is 4.74 Å². The zero-order valence-corrected chi connectivity index (χ0v) is 14.8. The second kappa shape index (κ2) is 6.35. The molecule has 1 saturated carbocycles. The molecule has 0 radical (unpaired) electrons. The van der Waals surface area contributed by atoms with E-state index in [1.807, 2.05) is 27.7 Å². The molecule has 22 heavy (non-hydrogen) atoms. The number of ketones is 2. The van der Waals surface area contributed by atoms with Crippen molar-refractivity contribution in [1.82, 2.24) is 0 Å². The normalized spacial score (nSPS) is 30.6. The van der Waals surface area contributed by atoms with Crippen molar-refractivity contribution in [3.63, 3.8) is 0 Å². The second-order valence-corrected chi connectivity index (χ2v) is 7.47. The van der Waals surface area contributed by atoms with E-state index in [2.05, 4.69) is 6.08 Å². The van der Waals surface area contributed by atoms with Gasteiger partial charge in [0.25, 0.3) is 0 Å². The first kappa shape index (κ1) is 18.6. The van der Waals surface area contributed by atoms with Gasteiger partial charge in [0.15, 0.2) is 5.78 Å². The Morgan fingerprint density at radius 3 is 2.18 bits per heavy atom. The van der Waals surface area contributed by atoms with E-state index in [9.17, 15) is 14.4 Å². The average Bonchev–Trinajstić information content (AvgIpc) is 2.39. The quantitative estimate of drug-likeness (QED) is 0.454. The fraction of sp³-hybridized carbons (Fsp3) is 0.722. The summed E-state index contributed by atoms with van der Waals surface area (Å²) in [7, 11) is 1.29. The van der Waals surface area contributed by atoms with Gasteiger partial charge in [0.1, 0.15) is 11.2 Å². The van der Waals surface area contributed by atoms with Gasteiger partial charge in [0, 0.05) is 0 Å². The van der Waals surface area contributed by atoms with E-state index in [1.165, 1.54) is 19.6 Å². The van der Waals surface area contributed by atoms with E-state index in [-0.39, 0.29) is 17.5 Å². The highest BCUT2D eigenvalue weighted by molar-refractivity contribution is 6.13. The average molecular weight is 308 g/mol. The summed E-state index contributed by atoms with van der Waals surface area (Å²) in [6.07, 6.45) is 3.27. The largest absolute Gasteiger partial charge is 0.468 e. The molecule has 1 unspecified atom stereocenters. The molecule has 0 aromatic rings. The monoisotopic (exact) mass is 308 g/mol. The minimum absolute atomic E-state index is 0.0677. The van der Waals surface area contributed by atoms with Gasteiger partial charge in [0.2, 0.25) is 0 Å². The summed E-state index contributed by atoms with van der Waals surface area (Å²) in [6.45, 7) is 11.0. The maximum atomic E-state index is 12.9. The van der Waals surface area contributed by atoms with E-state index in [0.717, 1.165) is 6.42 Å². The summed E-state index contributed by atoms with van der Waals surface area (Å²) in [5.41, 5.74) is -0.518. The molecule has 0 N–H and O–H groups in total. The predicted octanol–water partition coefficient (Wildman–Crippen LogP) is 3.34. The molecule has 4 heteroatoms. The number of allylic oxidation sites excluding steroid dienone is 2. The number of carbonyl (C=O) groups is 3. The molecule has 3 atom stereocenters. The van der Waals surface area contributed by atoms with Crippen LogP contribution in [0.5, 0.6) is 0 Å². The van der Waals surface area contributed by atoms with Crippen LogP contribution in [0.25, 0.3) is 0 Å². The number of carbonyl (C=O) groups excluding carboxylic acids is 3. The Hall–Kier alpha value is -1.45. The molecule has 0 amide bonds. The lowest BCUT2D eigenvalue weighted by atomic mass is 9.52. The lowest BCUT2D eigenvalue weighted by molar-refractivity contribution is -0.168. The lowest BCUT2D eigenvalue weighted by Gasteiger charge is -2.49. The Bertz CT molecular complexity index is 511. The van der Waals surface area contributed by atoms with Crippen molar-refractivity contribution in [2.75, 3.05) is 7.11 Å². The van der Waals surface area contributed by atoms with Crippen molar-refractivity contribution >= 4 is 17.5 Å². The molecule has 4 nitrogen and oxygen atoms in total. The Morgan fingerprint density at radius 1 is 1.23 bits per heavy atom. The molecule has 0 spiro atoms. The molecule has 0 aromatic heterocycles. The number of ether oxygens (including phenoxy) is 1. The van der Waals surface area contributed by atoms with Crippen LogP contribution in [0.2, 0.25) is 0 Å². The summed E-state index contributed by atoms with van der Waals surface area (Å²) in [6, 6.07) is 0. The highest BCUT2D eigenvalue weighted by atomic mass is 16.5. The summed E-state index contributed by atoms with van der Waals surface area (Å²) in [5, 5.41) is 0. The topological polar surface area (TPSA) is 60.4 Å². The standard InChI is InChI=1S/C18H28O4/c1-11(2)8-9-13-10-18(6,16(21)22-7)15(20)14(12(3)19)17(13,4)5/h8,13-14H,9-10H2,1-7H3/t13-,14?,18+/m1/s1. The minimum atomic E-state index is -1.24. The van der Waals surface area contributed by atoms with Gasteiger partial charge in [-0.05, 0) is 51.9 Å². The van der Waals surface area contributed by atoms with Crippen LogP contribution in [0.15, 0.2) is 11.6 Å². The maximum Gasteiger partial charge on any atom is 0.319 e. The Morgan fingerprint density at radius 2 is 1.77 bits per heavy atom. The molecular weight excluding hydrogens is 280 g/mol. The van der Waals surface area contributed by atoms with E-state index in [4.69, 9.17) is 4.74 Å². The third-order valence-corrected chi connectivity index (χ3v) is 5.11. The highest BCUT2D eigenvalue weighted by Crippen LogP contribution is 2.52. The van der Waals surface area contributed by atoms with Crippen molar-refractivity contribution in [2.45, 2.75) is 54.4 Å². The third kappa shape index (κ3) is 3.16. The molecule has 0 heterocycles. The molecular formula is C18H28O4. The van der Waals surface area contributed by atoms with Gasteiger partial charge in [-0.25, -0.2) is 0 Å². The van der Waals surface area contributed by atoms with Crippen LogP contribution in [0.1, 0.15) is 54.4 Å². The first-order valence-corrected chi connectivity index (χ1v) is 7.75. The Kier molecular flexibility index (Phi) is 5.37. The number of rotatable bonds is 4. The van der Waals surface area contributed by atoms with Crippen LogP contribution >= 0.6 is 0 Å². The molecule has 124 valence electrons. The van der Waals surface area contributed by atoms with Gasteiger partial charge >= 0.3 is 5.97 Å². The van der Waals surface area contributed by atoms with Crippen molar-refractivity contribution in [1.29, 1.82) is 0 Å². The van der Waals surface area contributed by atoms with Gasteiger partial charge in [-0.15, -0.1) is 0 Å². The van der Waals surface area contributed by atoms with Gasteiger partial charge in [-0.2, -0.15) is 0 Å². The smallest absolute Gasteiger partial charge is 0.319 e. The SMILES string of the molecule is COC(=O)[C@@]1(C)C[C@@H](CC=C(C)C)C(C)(C)C(C(C)=O)C1=O. The Balaban J connectivity index is 3.34. The van der Waals surface area contributed by atoms with Crippen LogP contribution in [0, 0.1) is 22.7 Å². The molecule has 1 aliphatic carbocycles. The number of Topliss-reactive ketones (excluding diaryl/α,β-unsaturated/α-hetero) is 2. The van der Waals surface area contributed by atoms with Crippen molar-refractivity contribution < 1.29 is 19.1 Å². The Labute approximate surface area is 133 Å². The molecule has 0 saturated heterocycles. The second-order valence-electron chi connectivity index (χ2n) is 7.47. The predicted molar refractivity (Wildman–Crippen MR) is 85.2 cm³/mol. The molecule has 1 fully saturated rings. The van der Waals surface area contributed by atoms with Crippen molar-refractivity contribution in [3.8, 4) is 0 Å². The summed E-state index contributed by atoms with van der Waals surface area (Å²) >= 11 is 0. The zero-order chi connectivity index (χ0) is 17.3. The number of methoxy groups -OCH3 is 1. The molecule has 0 bridgehead atoms. The molecule has 1 aliphatic rings. The fourth-order valence-corrected chi connectivity index (χ4v) is 3.63. The van der Waals surface area contributed by atoms with E-state index >= 15 is 0 Å². The van der Waals surface area contributed by atoms with Crippen LogP contribution in [0.3, 0.4) is 0 Å². The zero-order valence-electron chi connectivity index (χ0n) is 14.8. The van der Waals surface area contributed by atoms with E-state index in [0.29, 0.717) is 6.42 Å². The van der Waals surface area contributed by atoms with Crippen LogP contribution in [-0.4, -0.2) is 24.6 Å². The third-order valence-electron chi connectivity index (χ3n) is 5.11. The summed E-state index contributed by atoms with van der Waals surface area (Å²) < 4.78 is 4.85. The molecule has 0 aliphatic heterocycles. The van der Waals surface area contributed by atoms with Crippen LogP contribution in [-0.2, 0) is 19.1 Å². The van der Waals surface area contributed by atoms with Crippen molar-refractivity contribution in [2.24, 2.45) is 22.7 Å². The first-order valence-electron chi connectivity index (χ1n) is 7.75. The number of hydrogen-bond acceptors (Lipinski definition) is 4. The minimum Gasteiger partial charge on any atom is -0.468 e. The van der Waals surface area contributed by atoms with E-state index < -0.39 is 22.7 Å². The first-order chi connectivity index (χ1) is 9.98. The number of hydrogen-bond donors (Lipinski definition) is 0. The number of esters is 1. The lowest BCUT2D eigenvalue weighted by Crippen LogP contribution is -2.56. The maximum absolute atomic E-state index is 12.9. The van der Waals surface area contributed by atoms with E-state index in [1.54, 1.807) is 6.92 Å². The van der Waals surface area contributed by atoms with Gasteiger partial charge in [0.05, 0.1) is 13.0 Å². The van der Waals surface area contributed by atoms with Crippen molar-refractivity contribution in [3.05, 3.63) is 11.6 Å². The molecule has 0 aromatic carbocycles. The summed E-state index contributed by atoms with van der Waals surface area (Å²) in [5.74, 6) is -1.71. The highest BCUT2D eigenvalue weighted by Gasteiger charge is 2.59. The van der Waals surface area contributed by atoms with Crippen LogP contribution < -0.4 is 0 Å². The fourth-order valence-electron chi connectivity index (χ4n) is 3.63. The van der Waals surface area contributed by atoms with Crippen LogP contribution in [0.4, 0.5) is 0 Å². The van der Waals surface area contributed by atoms with Gasteiger partial charge in [-0.3, -0.25) is 14.4 Å². The molecule has 1 rings (SSSR count).